The van der Waals surface area contributed by atoms with Crippen LogP contribution in [0, 0.1) is 0 Å². The van der Waals surface area contributed by atoms with Gasteiger partial charge in [0.2, 0.25) is 0 Å². The van der Waals surface area contributed by atoms with Crippen LogP contribution in [0.5, 0.6) is 0 Å². The van der Waals surface area contributed by atoms with Gasteiger partial charge in [0.1, 0.15) is 0 Å². The number of hydrogen-bond acceptors (Lipinski definition) is 2. The summed E-state index contributed by atoms with van der Waals surface area (Å²) < 4.78 is 5.20. The van der Waals surface area contributed by atoms with Crippen molar-refractivity contribution in [1.82, 2.24) is 4.98 Å². The minimum Gasteiger partial charge on any atom is -0.466 e. The lowest BCUT2D eigenvalue weighted by Gasteiger charge is -2.04. The van der Waals surface area contributed by atoms with Gasteiger partial charge in [-0.1, -0.05) is 38.0 Å². The van der Waals surface area contributed by atoms with Crippen LogP contribution < -0.4 is 0 Å². The third kappa shape index (κ3) is 4.12. The van der Waals surface area contributed by atoms with Crippen LogP contribution >= 0.6 is 0 Å². The van der Waals surface area contributed by atoms with Crippen LogP contribution in [-0.2, 0) is 16.0 Å². The van der Waals surface area contributed by atoms with Gasteiger partial charge in [-0.05, 0) is 30.9 Å². The molecule has 0 saturated heterocycles. The summed E-state index contributed by atoms with van der Waals surface area (Å²) in [4.78, 5) is 14.8. The summed E-state index contributed by atoms with van der Waals surface area (Å²) in [5.41, 5.74) is 2.43. The first kappa shape index (κ1) is 14.6. The molecule has 0 amide bonds. The monoisotopic (exact) mass is 273 g/mol. The number of aromatic amines is 1. The van der Waals surface area contributed by atoms with Crippen molar-refractivity contribution in [3.63, 3.8) is 0 Å². The third-order valence-corrected chi connectivity index (χ3v) is 3.51. The lowest BCUT2D eigenvalue weighted by Crippen LogP contribution is -2.06. The van der Waals surface area contributed by atoms with Crippen LogP contribution in [0.25, 0.3) is 10.9 Å². The maximum atomic E-state index is 11.6. The molecule has 0 aliphatic rings. The van der Waals surface area contributed by atoms with Gasteiger partial charge < -0.3 is 9.72 Å². The molecule has 2 rings (SSSR count). The van der Waals surface area contributed by atoms with Crippen molar-refractivity contribution in [2.24, 2.45) is 0 Å². The van der Waals surface area contributed by atoms with Crippen molar-refractivity contribution >= 4 is 16.9 Å². The topological polar surface area (TPSA) is 42.1 Å². The second-order valence-corrected chi connectivity index (χ2v) is 5.14. The van der Waals surface area contributed by atoms with Crippen molar-refractivity contribution in [3.05, 3.63) is 36.0 Å². The van der Waals surface area contributed by atoms with Gasteiger partial charge in [-0.25, -0.2) is 0 Å². The average molecular weight is 273 g/mol. The molecule has 1 heterocycles. The summed E-state index contributed by atoms with van der Waals surface area (Å²) in [7, 11) is 0. The molecule has 108 valence electrons. The smallest absolute Gasteiger partial charge is 0.305 e. The van der Waals surface area contributed by atoms with Crippen molar-refractivity contribution in [1.29, 1.82) is 0 Å². The summed E-state index contributed by atoms with van der Waals surface area (Å²) in [5.74, 6) is -0.0686. The number of para-hydroxylation sites is 1. The van der Waals surface area contributed by atoms with E-state index in [9.17, 15) is 4.79 Å². The molecule has 20 heavy (non-hydrogen) atoms. The zero-order valence-corrected chi connectivity index (χ0v) is 12.2. The third-order valence-electron chi connectivity index (χ3n) is 3.51. The van der Waals surface area contributed by atoms with E-state index in [0.29, 0.717) is 13.0 Å². The molecule has 3 heteroatoms. The zero-order chi connectivity index (χ0) is 14.2. The number of unbranched alkanes of at least 4 members (excludes halogenated alkanes) is 2. The van der Waals surface area contributed by atoms with Gasteiger partial charge in [0.25, 0.3) is 0 Å². The van der Waals surface area contributed by atoms with E-state index >= 15 is 0 Å². The number of hydrogen-bond donors (Lipinski definition) is 1. The van der Waals surface area contributed by atoms with E-state index in [1.165, 1.54) is 10.9 Å². The molecule has 0 atom stereocenters. The first-order chi connectivity index (χ1) is 9.81. The molecular weight excluding hydrogens is 250 g/mol. The van der Waals surface area contributed by atoms with Crippen molar-refractivity contribution in [2.75, 3.05) is 6.61 Å². The molecular formula is C17H23NO2. The van der Waals surface area contributed by atoms with E-state index in [0.717, 1.165) is 37.6 Å². The molecule has 0 bridgehead atoms. The predicted octanol–water partition coefficient (Wildman–Crippen LogP) is 4.22. The Balaban J connectivity index is 1.71. The number of carbonyl (C=O) groups excluding carboxylic acids is 1. The first-order valence-corrected chi connectivity index (χ1v) is 7.52. The molecule has 0 aliphatic carbocycles. The van der Waals surface area contributed by atoms with E-state index in [4.69, 9.17) is 4.74 Å². The van der Waals surface area contributed by atoms with Gasteiger partial charge in [-0.15, -0.1) is 0 Å². The highest BCUT2D eigenvalue weighted by Gasteiger charge is 2.06. The fraction of sp³-hybridized carbons (Fsp3) is 0.471. The maximum Gasteiger partial charge on any atom is 0.305 e. The molecule has 2 aromatic rings. The van der Waals surface area contributed by atoms with Crippen LogP contribution in [0.3, 0.4) is 0 Å². The van der Waals surface area contributed by atoms with E-state index in [2.05, 4.69) is 24.0 Å². The van der Waals surface area contributed by atoms with E-state index in [1.807, 2.05) is 18.3 Å². The largest absolute Gasteiger partial charge is 0.466 e. The Kier molecular flexibility index (Phi) is 5.66. The second kappa shape index (κ2) is 7.73. The van der Waals surface area contributed by atoms with Crippen molar-refractivity contribution in [2.45, 2.75) is 45.4 Å². The number of benzene rings is 1. The summed E-state index contributed by atoms with van der Waals surface area (Å²) in [6.07, 6.45) is 7.55. The number of fused-ring (bicyclic) bond motifs is 1. The van der Waals surface area contributed by atoms with Crippen molar-refractivity contribution in [3.8, 4) is 0 Å². The van der Waals surface area contributed by atoms with Gasteiger partial charge in [0, 0.05) is 23.5 Å². The molecule has 0 unspecified atom stereocenters. The van der Waals surface area contributed by atoms with Crippen LogP contribution in [-0.4, -0.2) is 17.6 Å². The normalized spacial score (nSPS) is 10.8. The van der Waals surface area contributed by atoms with Gasteiger partial charge in [-0.3, -0.25) is 4.79 Å². The number of carbonyl (C=O) groups is 1. The standard InChI is InChI=1S/C17H23NO2/c1-2-3-6-12-20-17(19)11-7-8-14-13-18-16-10-5-4-9-15(14)16/h4-5,9-10,13,18H,2-3,6-8,11-12H2,1H3. The Hall–Kier alpha value is -1.77. The molecule has 3 nitrogen and oxygen atoms in total. The van der Waals surface area contributed by atoms with E-state index in [1.54, 1.807) is 0 Å². The minimum atomic E-state index is -0.0686. The average Bonchev–Trinajstić information content (AvgIpc) is 2.87. The molecule has 1 aromatic heterocycles. The van der Waals surface area contributed by atoms with Gasteiger partial charge in [0.15, 0.2) is 0 Å². The zero-order valence-electron chi connectivity index (χ0n) is 12.2. The number of aromatic nitrogens is 1. The summed E-state index contributed by atoms with van der Waals surface area (Å²) in [5, 5.41) is 1.25. The maximum absolute atomic E-state index is 11.6. The Morgan fingerprint density at radius 3 is 2.90 bits per heavy atom. The number of aryl methyl sites for hydroxylation is 1. The number of nitrogens with one attached hydrogen (secondary N) is 1. The Morgan fingerprint density at radius 2 is 2.05 bits per heavy atom. The highest BCUT2D eigenvalue weighted by molar-refractivity contribution is 5.83. The lowest BCUT2D eigenvalue weighted by atomic mass is 10.1. The van der Waals surface area contributed by atoms with Gasteiger partial charge in [0.05, 0.1) is 6.61 Å². The number of rotatable bonds is 8. The predicted molar refractivity (Wildman–Crippen MR) is 81.7 cm³/mol. The molecule has 1 N–H and O–H groups in total. The van der Waals surface area contributed by atoms with Crippen molar-refractivity contribution < 1.29 is 9.53 Å². The summed E-state index contributed by atoms with van der Waals surface area (Å²) in [6, 6.07) is 8.25. The van der Waals surface area contributed by atoms with Gasteiger partial charge in [-0.2, -0.15) is 0 Å². The molecule has 0 radical (unpaired) electrons. The summed E-state index contributed by atoms with van der Waals surface area (Å²) in [6.45, 7) is 2.71. The first-order valence-electron chi connectivity index (χ1n) is 7.52. The van der Waals surface area contributed by atoms with Crippen LogP contribution in [0.4, 0.5) is 0 Å². The van der Waals surface area contributed by atoms with Crippen LogP contribution in [0.1, 0.15) is 44.6 Å². The number of esters is 1. The van der Waals surface area contributed by atoms with Gasteiger partial charge >= 0.3 is 5.97 Å². The molecule has 0 fully saturated rings. The quantitative estimate of drug-likeness (QED) is 0.578. The SMILES string of the molecule is CCCCCOC(=O)CCCc1c[nH]c2ccccc12. The number of ether oxygens (including phenoxy) is 1. The Bertz CT molecular complexity index is 545. The number of H-pyrrole nitrogens is 1. The highest BCUT2D eigenvalue weighted by Crippen LogP contribution is 2.19. The van der Waals surface area contributed by atoms with Crippen LogP contribution in [0.15, 0.2) is 30.5 Å². The Labute approximate surface area is 120 Å². The lowest BCUT2D eigenvalue weighted by molar-refractivity contribution is -0.143. The van der Waals surface area contributed by atoms with E-state index < -0.39 is 0 Å². The Morgan fingerprint density at radius 1 is 1.20 bits per heavy atom. The van der Waals surface area contributed by atoms with E-state index in [-0.39, 0.29) is 5.97 Å². The molecule has 1 aromatic carbocycles. The second-order valence-electron chi connectivity index (χ2n) is 5.14. The minimum absolute atomic E-state index is 0.0686. The highest BCUT2D eigenvalue weighted by atomic mass is 16.5. The molecule has 0 saturated carbocycles. The molecule has 0 aliphatic heterocycles. The fourth-order valence-corrected chi connectivity index (χ4v) is 2.37. The fourth-order valence-electron chi connectivity index (χ4n) is 2.37. The molecule has 0 spiro atoms. The summed E-state index contributed by atoms with van der Waals surface area (Å²) >= 11 is 0. The van der Waals surface area contributed by atoms with Crippen LogP contribution in [0.2, 0.25) is 0 Å².